The van der Waals surface area contributed by atoms with Crippen molar-refractivity contribution in [1.82, 2.24) is 9.80 Å². The van der Waals surface area contributed by atoms with Crippen molar-refractivity contribution in [1.29, 1.82) is 0 Å². The first-order chi connectivity index (χ1) is 15.6. The van der Waals surface area contributed by atoms with E-state index in [0.717, 1.165) is 55.3 Å². The second-order valence-corrected chi connectivity index (χ2v) is 7.81. The standard InChI is InChI=1S/C26H27N3O3/c1-32-24-13-11-23(12-14-24)27-25(30)21-9-7-20(8-10-21)19-28-15-17-29(18-16-28)26(31)22-5-3-2-4-6-22/h2-14H,15-19H2,1H3,(H,27,30). The second kappa shape index (κ2) is 10.1. The zero-order valence-corrected chi connectivity index (χ0v) is 18.2. The van der Waals surface area contributed by atoms with Gasteiger partial charge in [-0.2, -0.15) is 0 Å². The third-order valence-electron chi connectivity index (χ3n) is 5.65. The average molecular weight is 430 g/mol. The lowest BCUT2D eigenvalue weighted by Crippen LogP contribution is -2.48. The number of ether oxygens (including phenoxy) is 1. The quantitative estimate of drug-likeness (QED) is 0.646. The van der Waals surface area contributed by atoms with E-state index in [1.54, 1.807) is 7.11 Å². The Labute approximate surface area is 188 Å². The van der Waals surface area contributed by atoms with Crippen LogP contribution in [0.2, 0.25) is 0 Å². The van der Waals surface area contributed by atoms with Gasteiger partial charge in [0.25, 0.3) is 11.8 Å². The minimum absolute atomic E-state index is 0.0949. The van der Waals surface area contributed by atoms with Gasteiger partial charge in [0.1, 0.15) is 5.75 Å². The molecule has 1 saturated heterocycles. The Morgan fingerprint density at radius 1 is 0.812 bits per heavy atom. The first kappa shape index (κ1) is 21.6. The van der Waals surface area contributed by atoms with Crippen LogP contribution in [0.15, 0.2) is 78.9 Å². The summed E-state index contributed by atoms with van der Waals surface area (Å²) in [6, 6.07) is 24.4. The van der Waals surface area contributed by atoms with Gasteiger partial charge in [0.05, 0.1) is 7.11 Å². The van der Waals surface area contributed by atoms with E-state index < -0.39 is 0 Å². The number of piperazine rings is 1. The molecule has 164 valence electrons. The summed E-state index contributed by atoms with van der Waals surface area (Å²) in [6.07, 6.45) is 0. The molecule has 0 radical (unpaired) electrons. The highest BCUT2D eigenvalue weighted by Gasteiger charge is 2.22. The van der Waals surface area contributed by atoms with Crippen molar-refractivity contribution in [3.8, 4) is 5.75 Å². The maximum atomic E-state index is 12.6. The minimum atomic E-state index is -0.144. The second-order valence-electron chi connectivity index (χ2n) is 7.81. The normalized spacial score (nSPS) is 14.1. The number of carbonyl (C=O) groups is 2. The molecule has 1 heterocycles. The number of nitrogens with zero attached hydrogens (tertiary/aromatic N) is 2. The van der Waals surface area contributed by atoms with Crippen LogP contribution < -0.4 is 10.1 Å². The molecule has 2 amide bonds. The van der Waals surface area contributed by atoms with E-state index in [4.69, 9.17) is 4.74 Å². The van der Waals surface area contributed by atoms with E-state index >= 15 is 0 Å². The van der Waals surface area contributed by atoms with E-state index in [-0.39, 0.29) is 11.8 Å². The van der Waals surface area contributed by atoms with E-state index in [9.17, 15) is 9.59 Å². The molecular weight excluding hydrogens is 402 g/mol. The molecule has 0 aromatic heterocycles. The van der Waals surface area contributed by atoms with Gasteiger partial charge in [-0.25, -0.2) is 0 Å². The van der Waals surface area contributed by atoms with Gasteiger partial charge in [-0.3, -0.25) is 14.5 Å². The van der Waals surface area contributed by atoms with E-state index in [2.05, 4.69) is 10.2 Å². The third-order valence-corrected chi connectivity index (χ3v) is 5.65. The molecular formula is C26H27N3O3. The summed E-state index contributed by atoms with van der Waals surface area (Å²) < 4.78 is 5.14. The van der Waals surface area contributed by atoms with Crippen LogP contribution in [0.5, 0.6) is 5.75 Å². The molecule has 6 heteroatoms. The molecule has 1 aliphatic rings. The molecule has 3 aromatic carbocycles. The topological polar surface area (TPSA) is 61.9 Å². The van der Waals surface area contributed by atoms with Crippen LogP contribution >= 0.6 is 0 Å². The molecule has 0 bridgehead atoms. The lowest BCUT2D eigenvalue weighted by atomic mass is 10.1. The minimum Gasteiger partial charge on any atom is -0.497 e. The molecule has 6 nitrogen and oxygen atoms in total. The van der Waals surface area contributed by atoms with Crippen molar-refractivity contribution < 1.29 is 14.3 Å². The third kappa shape index (κ3) is 5.34. The number of benzene rings is 3. The van der Waals surface area contributed by atoms with Gasteiger partial charge in [0.15, 0.2) is 0 Å². The lowest BCUT2D eigenvalue weighted by molar-refractivity contribution is 0.0628. The van der Waals surface area contributed by atoms with Crippen molar-refractivity contribution in [3.63, 3.8) is 0 Å². The highest BCUT2D eigenvalue weighted by molar-refractivity contribution is 6.04. The molecule has 32 heavy (non-hydrogen) atoms. The summed E-state index contributed by atoms with van der Waals surface area (Å²) in [5, 5.41) is 2.90. The van der Waals surface area contributed by atoms with Crippen molar-refractivity contribution in [2.75, 3.05) is 38.6 Å². The van der Waals surface area contributed by atoms with Gasteiger partial charge in [0, 0.05) is 49.5 Å². The number of nitrogens with one attached hydrogen (secondary N) is 1. The first-order valence-corrected chi connectivity index (χ1v) is 10.7. The van der Waals surface area contributed by atoms with Gasteiger partial charge in [-0.1, -0.05) is 30.3 Å². The number of carbonyl (C=O) groups excluding carboxylic acids is 2. The average Bonchev–Trinajstić information content (AvgIpc) is 2.85. The predicted molar refractivity (Wildman–Crippen MR) is 125 cm³/mol. The fraction of sp³-hybridized carbons (Fsp3) is 0.231. The number of hydrogen-bond acceptors (Lipinski definition) is 4. The summed E-state index contributed by atoms with van der Waals surface area (Å²) in [7, 11) is 1.61. The molecule has 0 atom stereocenters. The van der Waals surface area contributed by atoms with Crippen LogP contribution in [0.4, 0.5) is 5.69 Å². The molecule has 1 N–H and O–H groups in total. The number of hydrogen-bond donors (Lipinski definition) is 1. The maximum Gasteiger partial charge on any atom is 0.255 e. The van der Waals surface area contributed by atoms with Crippen LogP contribution in [-0.4, -0.2) is 54.9 Å². The fourth-order valence-electron chi connectivity index (χ4n) is 3.77. The zero-order valence-electron chi connectivity index (χ0n) is 18.2. The molecule has 4 rings (SSSR count). The summed E-state index contributed by atoms with van der Waals surface area (Å²) in [5.74, 6) is 0.699. The Morgan fingerprint density at radius 2 is 1.47 bits per heavy atom. The van der Waals surface area contributed by atoms with Crippen molar-refractivity contribution in [3.05, 3.63) is 95.6 Å². The highest BCUT2D eigenvalue weighted by atomic mass is 16.5. The Hall–Kier alpha value is -3.64. The van der Waals surface area contributed by atoms with E-state index in [0.29, 0.717) is 5.56 Å². The molecule has 0 spiro atoms. The van der Waals surface area contributed by atoms with Gasteiger partial charge in [-0.15, -0.1) is 0 Å². The smallest absolute Gasteiger partial charge is 0.255 e. The Morgan fingerprint density at radius 3 is 2.09 bits per heavy atom. The molecule has 0 saturated carbocycles. The Kier molecular flexibility index (Phi) is 6.82. The van der Waals surface area contributed by atoms with E-state index in [1.807, 2.05) is 83.8 Å². The monoisotopic (exact) mass is 429 g/mol. The zero-order chi connectivity index (χ0) is 22.3. The van der Waals surface area contributed by atoms with Gasteiger partial charge in [-0.05, 0) is 54.1 Å². The van der Waals surface area contributed by atoms with Gasteiger partial charge < -0.3 is 15.0 Å². The lowest BCUT2D eigenvalue weighted by Gasteiger charge is -2.34. The Bertz CT molecular complexity index is 1040. The molecule has 0 unspecified atom stereocenters. The largest absolute Gasteiger partial charge is 0.497 e. The maximum absolute atomic E-state index is 12.6. The number of amides is 2. The van der Waals surface area contributed by atoms with Crippen LogP contribution in [0.3, 0.4) is 0 Å². The fourth-order valence-corrected chi connectivity index (χ4v) is 3.77. The van der Waals surface area contributed by atoms with E-state index in [1.165, 1.54) is 0 Å². The van der Waals surface area contributed by atoms with Gasteiger partial charge in [0.2, 0.25) is 0 Å². The van der Waals surface area contributed by atoms with Gasteiger partial charge >= 0.3 is 0 Å². The first-order valence-electron chi connectivity index (χ1n) is 10.7. The van der Waals surface area contributed by atoms with Crippen LogP contribution in [0.1, 0.15) is 26.3 Å². The predicted octanol–water partition coefficient (Wildman–Crippen LogP) is 3.91. The van der Waals surface area contributed by atoms with Crippen LogP contribution in [0.25, 0.3) is 0 Å². The number of methoxy groups -OCH3 is 1. The Balaban J connectivity index is 1.27. The number of rotatable bonds is 6. The molecule has 0 aliphatic carbocycles. The number of anilines is 1. The molecule has 3 aromatic rings. The van der Waals surface area contributed by atoms with Crippen LogP contribution in [0, 0.1) is 0 Å². The van der Waals surface area contributed by atoms with Crippen LogP contribution in [-0.2, 0) is 6.54 Å². The molecule has 1 aliphatic heterocycles. The van der Waals surface area contributed by atoms with Crippen molar-refractivity contribution in [2.24, 2.45) is 0 Å². The summed E-state index contributed by atoms with van der Waals surface area (Å²) in [6.45, 7) is 3.90. The van der Waals surface area contributed by atoms with Crippen molar-refractivity contribution in [2.45, 2.75) is 6.54 Å². The SMILES string of the molecule is COc1ccc(NC(=O)c2ccc(CN3CCN(C(=O)c4ccccc4)CC3)cc2)cc1. The van der Waals surface area contributed by atoms with Crippen molar-refractivity contribution >= 4 is 17.5 Å². The molecule has 1 fully saturated rings. The summed E-state index contributed by atoms with van der Waals surface area (Å²) in [4.78, 5) is 29.3. The summed E-state index contributed by atoms with van der Waals surface area (Å²) in [5.41, 5.74) is 3.23. The summed E-state index contributed by atoms with van der Waals surface area (Å²) >= 11 is 0. The highest BCUT2D eigenvalue weighted by Crippen LogP contribution is 2.17.